The van der Waals surface area contributed by atoms with Crippen LogP contribution >= 0.6 is 0 Å². The normalized spacial score (nSPS) is 16.0. The maximum absolute atomic E-state index is 13.6. The van der Waals surface area contributed by atoms with Crippen molar-refractivity contribution in [1.29, 1.82) is 0 Å². The van der Waals surface area contributed by atoms with Crippen molar-refractivity contribution in [2.75, 3.05) is 4.90 Å². The zero-order chi connectivity index (χ0) is 19.3. The number of hydrogen-bond donors (Lipinski definition) is 0. The summed E-state index contributed by atoms with van der Waals surface area (Å²) >= 11 is 0. The predicted molar refractivity (Wildman–Crippen MR) is 107 cm³/mol. The minimum Gasteiger partial charge on any atom is -0.461 e. The molecular formula is C24H18FNO2. The lowest BCUT2D eigenvalue weighted by Crippen LogP contribution is -2.24. The van der Waals surface area contributed by atoms with Gasteiger partial charge in [-0.15, -0.1) is 0 Å². The number of aryl methyl sites for hydroxylation is 1. The van der Waals surface area contributed by atoms with E-state index in [1.165, 1.54) is 12.1 Å². The fraction of sp³-hybridized carbons (Fsp3) is 0.125. The Morgan fingerprint density at radius 2 is 1.75 bits per heavy atom. The van der Waals surface area contributed by atoms with Crippen LogP contribution in [0.5, 0.6) is 0 Å². The van der Waals surface area contributed by atoms with Crippen molar-refractivity contribution in [2.24, 2.45) is 0 Å². The third-order valence-corrected chi connectivity index (χ3v) is 5.47. The Kier molecular flexibility index (Phi) is 3.79. The van der Waals surface area contributed by atoms with Crippen molar-refractivity contribution < 1.29 is 13.6 Å². The fourth-order valence-corrected chi connectivity index (χ4v) is 4.06. The first-order valence-corrected chi connectivity index (χ1v) is 9.29. The van der Waals surface area contributed by atoms with E-state index in [2.05, 4.69) is 0 Å². The van der Waals surface area contributed by atoms with Crippen LogP contribution in [-0.4, -0.2) is 5.91 Å². The Morgan fingerprint density at radius 3 is 2.57 bits per heavy atom. The van der Waals surface area contributed by atoms with Gasteiger partial charge in [0.2, 0.25) is 5.91 Å². The molecule has 1 amide bonds. The number of amides is 1. The average molecular weight is 371 g/mol. The van der Waals surface area contributed by atoms with Crippen LogP contribution in [0.2, 0.25) is 0 Å². The Balaban J connectivity index is 1.58. The first-order valence-electron chi connectivity index (χ1n) is 9.29. The van der Waals surface area contributed by atoms with E-state index in [0.717, 1.165) is 33.6 Å². The largest absolute Gasteiger partial charge is 0.461 e. The predicted octanol–water partition coefficient (Wildman–Crippen LogP) is 5.88. The molecule has 3 aromatic carbocycles. The molecule has 1 aliphatic heterocycles. The van der Waals surface area contributed by atoms with Crippen LogP contribution < -0.4 is 4.90 Å². The molecule has 4 aromatic rings. The summed E-state index contributed by atoms with van der Waals surface area (Å²) in [4.78, 5) is 15.1. The Bertz CT molecular complexity index is 1200. The molecule has 0 radical (unpaired) electrons. The smallest absolute Gasteiger partial charge is 0.239 e. The van der Waals surface area contributed by atoms with Crippen LogP contribution in [0.15, 0.2) is 77.2 Å². The van der Waals surface area contributed by atoms with Crippen LogP contribution in [-0.2, 0) is 11.2 Å². The number of halogens is 1. The third-order valence-electron chi connectivity index (χ3n) is 5.47. The van der Waals surface area contributed by atoms with E-state index in [1.807, 2.05) is 61.5 Å². The van der Waals surface area contributed by atoms with Crippen molar-refractivity contribution in [3.8, 4) is 0 Å². The first-order chi connectivity index (χ1) is 13.6. The molecule has 1 atom stereocenters. The highest BCUT2D eigenvalue weighted by Crippen LogP contribution is 2.44. The number of furan rings is 1. The van der Waals surface area contributed by atoms with Gasteiger partial charge in [-0.05, 0) is 54.4 Å². The number of para-hydroxylation sites is 2. The molecular weight excluding hydrogens is 353 g/mol. The molecule has 28 heavy (non-hydrogen) atoms. The lowest BCUT2D eigenvalue weighted by molar-refractivity contribution is -0.118. The van der Waals surface area contributed by atoms with Crippen LogP contribution in [0.4, 0.5) is 15.8 Å². The SMILES string of the molecule is Cc1c(C[C@@H]2C(=O)N(c3ccccc3)c3ccccc32)oc2ccc(F)cc12. The summed E-state index contributed by atoms with van der Waals surface area (Å²) in [5.41, 5.74) is 4.28. The van der Waals surface area contributed by atoms with Gasteiger partial charge in [0.1, 0.15) is 17.2 Å². The lowest BCUT2D eigenvalue weighted by Gasteiger charge is -2.18. The van der Waals surface area contributed by atoms with Crippen LogP contribution in [0.3, 0.4) is 0 Å². The van der Waals surface area contributed by atoms with Gasteiger partial charge in [-0.1, -0.05) is 36.4 Å². The molecule has 2 heterocycles. The minimum atomic E-state index is -0.333. The van der Waals surface area contributed by atoms with Gasteiger partial charge in [0.05, 0.1) is 11.6 Å². The number of rotatable bonds is 3. The van der Waals surface area contributed by atoms with Gasteiger partial charge >= 0.3 is 0 Å². The van der Waals surface area contributed by atoms with E-state index in [4.69, 9.17) is 4.42 Å². The number of hydrogen-bond acceptors (Lipinski definition) is 2. The van der Waals surface area contributed by atoms with E-state index < -0.39 is 0 Å². The van der Waals surface area contributed by atoms with Crippen LogP contribution in [0.1, 0.15) is 22.8 Å². The summed E-state index contributed by atoms with van der Waals surface area (Å²) in [6.07, 6.45) is 0.446. The second kappa shape index (κ2) is 6.34. The molecule has 0 spiro atoms. The summed E-state index contributed by atoms with van der Waals surface area (Å²) in [6.45, 7) is 1.92. The van der Waals surface area contributed by atoms with Gasteiger partial charge in [-0.25, -0.2) is 4.39 Å². The Hall–Kier alpha value is -3.40. The second-order valence-corrected chi connectivity index (χ2v) is 7.12. The minimum absolute atomic E-state index is 0.0263. The molecule has 0 N–H and O–H groups in total. The maximum atomic E-state index is 13.6. The zero-order valence-electron chi connectivity index (χ0n) is 15.4. The highest BCUT2D eigenvalue weighted by Gasteiger charge is 2.38. The fourth-order valence-electron chi connectivity index (χ4n) is 4.06. The highest BCUT2D eigenvalue weighted by molar-refractivity contribution is 6.10. The maximum Gasteiger partial charge on any atom is 0.239 e. The molecule has 0 aliphatic carbocycles. The standard InChI is InChI=1S/C24H18FNO2/c1-15-19-13-16(25)11-12-22(19)28-23(15)14-20-18-9-5-6-10-21(18)26(24(20)27)17-7-3-2-4-8-17/h2-13,20H,14H2,1H3/t20-/m0/s1. The summed E-state index contributed by atoms with van der Waals surface area (Å²) in [5.74, 6) is 0.128. The van der Waals surface area contributed by atoms with E-state index in [1.54, 1.807) is 11.0 Å². The topological polar surface area (TPSA) is 33.5 Å². The average Bonchev–Trinajstić information content (AvgIpc) is 3.17. The first kappa shape index (κ1) is 16.8. The number of carbonyl (C=O) groups excluding carboxylic acids is 1. The molecule has 0 saturated carbocycles. The number of fused-ring (bicyclic) bond motifs is 2. The van der Waals surface area contributed by atoms with Gasteiger partial charge in [0.15, 0.2) is 0 Å². The number of anilines is 2. The van der Waals surface area contributed by atoms with E-state index in [-0.39, 0.29) is 17.6 Å². The molecule has 1 aliphatic rings. The molecule has 0 unspecified atom stereocenters. The van der Waals surface area contributed by atoms with Crippen LogP contribution in [0, 0.1) is 12.7 Å². The molecule has 0 fully saturated rings. The molecule has 0 bridgehead atoms. The molecule has 5 rings (SSSR count). The third kappa shape index (κ3) is 2.53. The quantitative estimate of drug-likeness (QED) is 0.450. The van der Waals surface area contributed by atoms with Gasteiger partial charge in [-0.3, -0.25) is 9.69 Å². The van der Waals surface area contributed by atoms with Gasteiger partial charge in [-0.2, -0.15) is 0 Å². The molecule has 3 nitrogen and oxygen atoms in total. The summed E-state index contributed by atoms with van der Waals surface area (Å²) in [6, 6.07) is 22.0. The van der Waals surface area contributed by atoms with Crippen molar-refractivity contribution in [3.05, 3.63) is 95.5 Å². The number of nitrogens with zero attached hydrogens (tertiary/aromatic N) is 1. The monoisotopic (exact) mass is 371 g/mol. The molecule has 0 saturated heterocycles. The highest BCUT2D eigenvalue weighted by atomic mass is 19.1. The lowest BCUT2D eigenvalue weighted by atomic mass is 9.94. The van der Waals surface area contributed by atoms with Crippen molar-refractivity contribution >= 4 is 28.3 Å². The molecule has 4 heteroatoms. The van der Waals surface area contributed by atoms with E-state index in [0.29, 0.717) is 12.0 Å². The Morgan fingerprint density at radius 1 is 1.00 bits per heavy atom. The van der Waals surface area contributed by atoms with Gasteiger partial charge < -0.3 is 4.42 Å². The zero-order valence-corrected chi connectivity index (χ0v) is 15.4. The summed E-state index contributed by atoms with van der Waals surface area (Å²) in [7, 11) is 0. The van der Waals surface area contributed by atoms with Gasteiger partial charge in [0.25, 0.3) is 0 Å². The van der Waals surface area contributed by atoms with E-state index >= 15 is 0 Å². The van der Waals surface area contributed by atoms with Gasteiger partial charge in [0, 0.05) is 17.5 Å². The molecule has 138 valence electrons. The van der Waals surface area contributed by atoms with Crippen molar-refractivity contribution in [3.63, 3.8) is 0 Å². The number of carbonyl (C=O) groups is 1. The van der Waals surface area contributed by atoms with Crippen molar-refractivity contribution in [1.82, 2.24) is 0 Å². The van der Waals surface area contributed by atoms with Crippen LogP contribution in [0.25, 0.3) is 11.0 Å². The second-order valence-electron chi connectivity index (χ2n) is 7.12. The summed E-state index contributed by atoms with van der Waals surface area (Å²) < 4.78 is 19.6. The summed E-state index contributed by atoms with van der Waals surface area (Å²) in [5, 5.41) is 0.758. The Labute approximate surface area is 162 Å². The number of benzene rings is 3. The van der Waals surface area contributed by atoms with E-state index in [9.17, 15) is 9.18 Å². The molecule has 1 aromatic heterocycles. The van der Waals surface area contributed by atoms with Crippen molar-refractivity contribution in [2.45, 2.75) is 19.3 Å².